The summed E-state index contributed by atoms with van der Waals surface area (Å²) in [5.74, 6) is 0. The average molecular weight is 487 g/mol. The first-order chi connectivity index (χ1) is 11.4. The van der Waals surface area contributed by atoms with Gasteiger partial charge in [0.05, 0.1) is 11.6 Å². The predicted octanol–water partition coefficient (Wildman–Crippen LogP) is 5.33. The zero-order valence-electron chi connectivity index (χ0n) is 14.4. The summed E-state index contributed by atoms with van der Waals surface area (Å²) < 4.78 is 61.6. The molecule has 0 bridgehead atoms. The van der Waals surface area contributed by atoms with Crippen molar-refractivity contribution in [3.8, 4) is 6.07 Å². The van der Waals surface area contributed by atoms with Crippen LogP contribution in [0.25, 0.3) is 0 Å². The molecular formula is C17H19F6N2Sb. The summed E-state index contributed by atoms with van der Waals surface area (Å²) in [5.41, 5.74) is 3.50. The number of hydrogen-bond acceptors (Lipinski definition) is 1. The van der Waals surface area contributed by atoms with Crippen molar-refractivity contribution >= 4 is 19.5 Å². The Balaban J connectivity index is 0.000000412. The van der Waals surface area contributed by atoms with E-state index in [4.69, 9.17) is 5.26 Å². The Kier molecular flexibility index (Phi) is 5.81. The molecule has 1 heterocycles. The third-order valence-electron chi connectivity index (χ3n) is 3.21. The number of halogens is 6. The molecule has 0 radical (unpaired) electrons. The molecule has 26 heavy (non-hydrogen) atoms. The van der Waals surface area contributed by atoms with Crippen LogP contribution >= 0.6 is 0 Å². The molecule has 0 amide bonds. The average Bonchev–Trinajstić information content (AvgIpc) is 2.44. The third kappa shape index (κ3) is 11.0. The van der Waals surface area contributed by atoms with E-state index in [-0.39, 0.29) is 5.41 Å². The van der Waals surface area contributed by atoms with E-state index in [2.05, 4.69) is 55.7 Å². The van der Waals surface area contributed by atoms with Gasteiger partial charge < -0.3 is 0 Å². The Morgan fingerprint density at radius 3 is 1.65 bits per heavy atom. The first-order valence-electron chi connectivity index (χ1n) is 7.49. The SMILES string of the molecule is CC(C)(C)c1ccc(C[n+]2ccc(C#N)cc2)cc1.[F][Sb-]([F])([F])([F])([F])[F]. The molecule has 2 rings (SSSR count). The molecule has 0 aliphatic carbocycles. The monoisotopic (exact) mass is 486 g/mol. The number of aromatic nitrogens is 1. The number of nitrogens with zero attached hydrogens (tertiary/aromatic N) is 2. The second kappa shape index (κ2) is 6.77. The van der Waals surface area contributed by atoms with Crippen molar-refractivity contribution in [1.29, 1.82) is 5.26 Å². The molecule has 0 aliphatic heterocycles. The van der Waals surface area contributed by atoms with Crippen LogP contribution in [0.1, 0.15) is 37.5 Å². The van der Waals surface area contributed by atoms with Gasteiger partial charge in [0.2, 0.25) is 0 Å². The maximum absolute atomic E-state index is 11.2. The Labute approximate surface area is 150 Å². The molecule has 0 atom stereocenters. The summed E-state index contributed by atoms with van der Waals surface area (Å²) in [4.78, 5) is 0. The molecule has 9 heteroatoms. The van der Waals surface area contributed by atoms with E-state index < -0.39 is 19.5 Å². The van der Waals surface area contributed by atoms with Gasteiger partial charge in [-0.2, -0.15) is 5.26 Å². The van der Waals surface area contributed by atoms with Crippen LogP contribution in [0.5, 0.6) is 0 Å². The number of nitriles is 1. The van der Waals surface area contributed by atoms with Gasteiger partial charge in [-0.3, -0.25) is 0 Å². The van der Waals surface area contributed by atoms with Crippen LogP contribution in [0.2, 0.25) is 0 Å². The van der Waals surface area contributed by atoms with Gasteiger partial charge in [-0.1, -0.05) is 45.0 Å². The molecule has 2 aromatic rings. The van der Waals surface area contributed by atoms with Crippen LogP contribution in [0.15, 0.2) is 48.8 Å². The summed E-state index contributed by atoms with van der Waals surface area (Å²) in [6.45, 7) is 7.49. The Morgan fingerprint density at radius 2 is 1.31 bits per heavy atom. The fourth-order valence-corrected chi connectivity index (χ4v) is 1.96. The van der Waals surface area contributed by atoms with Crippen molar-refractivity contribution in [2.75, 3.05) is 0 Å². The van der Waals surface area contributed by atoms with Crippen LogP contribution in [-0.4, -0.2) is 19.5 Å². The Hall–Kier alpha value is -1.74. The van der Waals surface area contributed by atoms with E-state index in [9.17, 15) is 16.9 Å². The number of benzene rings is 1. The van der Waals surface area contributed by atoms with Crippen molar-refractivity contribution < 1.29 is 21.4 Å². The topological polar surface area (TPSA) is 27.7 Å². The molecule has 0 aliphatic rings. The molecule has 0 fully saturated rings. The van der Waals surface area contributed by atoms with Crippen LogP contribution in [0.4, 0.5) is 16.9 Å². The number of rotatable bonds is 2. The van der Waals surface area contributed by atoms with E-state index in [1.165, 1.54) is 11.1 Å². The van der Waals surface area contributed by atoms with Gasteiger partial charge in [0.1, 0.15) is 0 Å². The zero-order chi connectivity index (χ0) is 20.3. The van der Waals surface area contributed by atoms with Gasteiger partial charge >= 0.3 is 36.4 Å². The molecule has 1 aromatic heterocycles. The molecule has 1 aromatic carbocycles. The fraction of sp³-hybridized carbons (Fsp3) is 0.294. The minimum absolute atomic E-state index is 0.195. The summed E-state index contributed by atoms with van der Waals surface area (Å²) in [6.07, 6.45) is 3.88. The normalized spacial score (nSPS) is 14.3. The van der Waals surface area contributed by atoms with E-state index in [1.54, 1.807) is 0 Å². The van der Waals surface area contributed by atoms with Crippen molar-refractivity contribution in [3.05, 3.63) is 65.5 Å². The van der Waals surface area contributed by atoms with Gasteiger partial charge in [-0.25, -0.2) is 4.57 Å². The standard InChI is InChI=1S/C17H19N2.6FH.Sb/c1-17(2,3)16-6-4-15(5-7-16)13-19-10-8-14(12-18)9-11-19;;;;;;;/h4-11H,13H2,1-3H3;6*1H;/q+1;;;;;;;+5/p-6. The molecule has 0 N–H and O–H groups in total. The van der Waals surface area contributed by atoms with Crippen molar-refractivity contribution in [2.24, 2.45) is 0 Å². The molecule has 144 valence electrons. The van der Waals surface area contributed by atoms with Gasteiger partial charge in [0.25, 0.3) is 0 Å². The van der Waals surface area contributed by atoms with Gasteiger partial charge in [0, 0.05) is 17.7 Å². The first-order valence-corrected chi connectivity index (χ1v) is 13.3. The zero-order valence-corrected chi connectivity index (χ0v) is 17.0. The van der Waals surface area contributed by atoms with Crippen LogP contribution in [-0.2, 0) is 12.0 Å². The molecular weight excluding hydrogens is 468 g/mol. The second-order valence-electron chi connectivity index (χ2n) is 6.78. The quantitative estimate of drug-likeness (QED) is 0.320. The number of hydrogen-bond donors (Lipinski definition) is 0. The predicted molar refractivity (Wildman–Crippen MR) is 88.0 cm³/mol. The molecule has 0 saturated heterocycles. The molecule has 0 saturated carbocycles. The molecule has 0 unspecified atom stereocenters. The summed E-state index contributed by atoms with van der Waals surface area (Å²) >= 11 is -11.2. The maximum atomic E-state index is 9.93. The number of pyridine rings is 1. The summed E-state index contributed by atoms with van der Waals surface area (Å²) in [7, 11) is 0. The molecule has 2 nitrogen and oxygen atoms in total. The first kappa shape index (κ1) is 22.3. The van der Waals surface area contributed by atoms with Crippen molar-refractivity contribution in [2.45, 2.75) is 32.7 Å². The van der Waals surface area contributed by atoms with Crippen molar-refractivity contribution in [3.63, 3.8) is 0 Å². The third-order valence-corrected chi connectivity index (χ3v) is 3.21. The Morgan fingerprint density at radius 1 is 0.885 bits per heavy atom. The van der Waals surface area contributed by atoms with Gasteiger partial charge in [-0.15, -0.1) is 0 Å². The van der Waals surface area contributed by atoms with E-state index in [0.29, 0.717) is 5.56 Å². The fourth-order valence-electron chi connectivity index (χ4n) is 1.96. The Bertz CT molecular complexity index is 772. The van der Waals surface area contributed by atoms with Gasteiger partial charge in [0.15, 0.2) is 18.9 Å². The van der Waals surface area contributed by atoms with E-state index in [1.807, 2.05) is 24.5 Å². The summed E-state index contributed by atoms with van der Waals surface area (Å²) in [5, 5.41) is 8.77. The van der Waals surface area contributed by atoms with E-state index >= 15 is 0 Å². The minimum atomic E-state index is -11.2. The van der Waals surface area contributed by atoms with Crippen LogP contribution in [0.3, 0.4) is 0 Å². The second-order valence-corrected chi connectivity index (χ2v) is 12.2. The van der Waals surface area contributed by atoms with Crippen molar-refractivity contribution in [1.82, 2.24) is 0 Å². The summed E-state index contributed by atoms with van der Waals surface area (Å²) in [6, 6.07) is 14.5. The van der Waals surface area contributed by atoms with Crippen LogP contribution in [0, 0.1) is 11.3 Å². The van der Waals surface area contributed by atoms with Crippen LogP contribution < -0.4 is 4.57 Å². The van der Waals surface area contributed by atoms with Gasteiger partial charge in [-0.05, 0) is 11.0 Å². The van der Waals surface area contributed by atoms with E-state index in [0.717, 1.165) is 6.54 Å². The molecule has 0 spiro atoms.